The first-order chi connectivity index (χ1) is 13.2. The number of sulfone groups is 1. The number of fused-ring (bicyclic) bond motifs is 3. The molecule has 0 bridgehead atoms. The van der Waals surface area contributed by atoms with Crippen LogP contribution in [0.4, 0.5) is 0 Å². The zero-order chi connectivity index (χ0) is 20.1. The molecule has 4 rings (SSSR count). The smallest absolute Gasteiger partial charge is 0.261 e. The molecule has 1 amide bonds. The number of carbonyl (C=O) groups excluding carboxylic acids is 1. The van der Waals surface area contributed by atoms with Crippen LogP contribution in [0.1, 0.15) is 37.5 Å². The molecule has 0 saturated heterocycles. The monoisotopic (exact) mass is 411 g/mol. The summed E-state index contributed by atoms with van der Waals surface area (Å²) in [6.07, 6.45) is 0. The topological polar surface area (TPSA) is 63.2 Å². The first kappa shape index (κ1) is 18.9. The van der Waals surface area contributed by atoms with Crippen LogP contribution in [0.5, 0.6) is 0 Å². The van der Waals surface area contributed by atoms with E-state index in [1.54, 1.807) is 12.1 Å². The quantitative estimate of drug-likeness (QED) is 0.687. The molecule has 1 aromatic heterocycles. The highest BCUT2D eigenvalue weighted by Gasteiger charge is 2.31. The molecule has 1 N–H and O–H groups in total. The zero-order valence-electron chi connectivity index (χ0n) is 16.0. The van der Waals surface area contributed by atoms with Crippen molar-refractivity contribution in [2.24, 2.45) is 0 Å². The van der Waals surface area contributed by atoms with Gasteiger partial charge in [0.2, 0.25) is 0 Å². The second kappa shape index (κ2) is 6.87. The molecular weight excluding hydrogens is 390 g/mol. The summed E-state index contributed by atoms with van der Waals surface area (Å²) in [5, 5.41) is 2.93. The average molecular weight is 412 g/mol. The Hall–Kier alpha value is -2.44. The molecule has 0 aliphatic carbocycles. The van der Waals surface area contributed by atoms with E-state index in [4.69, 9.17) is 0 Å². The predicted octanol–water partition coefficient (Wildman–Crippen LogP) is 4.56. The molecule has 0 fully saturated rings. The molecule has 0 saturated carbocycles. The first-order valence-corrected chi connectivity index (χ1v) is 11.5. The van der Waals surface area contributed by atoms with Gasteiger partial charge in [-0.25, -0.2) is 8.42 Å². The van der Waals surface area contributed by atoms with Crippen LogP contribution in [0.3, 0.4) is 0 Å². The molecule has 2 heterocycles. The standard InChI is InChI=1S/C22H21NO3S2/c1-13-4-6-16(7-5-13)11-23-22(24)19-10-17-12-28(25,26)20-9-15(3)14(2)8-18(20)21(17)27-19/h4-10H,11-12H2,1-3H3,(H,23,24). The maximum absolute atomic E-state index is 12.7. The fraction of sp³-hybridized carbons (Fsp3) is 0.227. The van der Waals surface area contributed by atoms with Crippen molar-refractivity contribution in [3.8, 4) is 10.4 Å². The van der Waals surface area contributed by atoms with E-state index in [9.17, 15) is 13.2 Å². The Kier molecular flexibility index (Phi) is 4.63. The van der Waals surface area contributed by atoms with Gasteiger partial charge in [-0.2, -0.15) is 0 Å². The van der Waals surface area contributed by atoms with Crippen LogP contribution < -0.4 is 5.32 Å². The molecule has 1 aliphatic heterocycles. The van der Waals surface area contributed by atoms with Crippen LogP contribution in [0.25, 0.3) is 10.4 Å². The lowest BCUT2D eigenvalue weighted by Crippen LogP contribution is -2.21. The summed E-state index contributed by atoms with van der Waals surface area (Å²) in [7, 11) is -3.39. The predicted molar refractivity (Wildman–Crippen MR) is 112 cm³/mol. The molecule has 28 heavy (non-hydrogen) atoms. The summed E-state index contributed by atoms with van der Waals surface area (Å²) in [5.74, 6) is -0.234. The van der Waals surface area contributed by atoms with Gasteiger partial charge in [-0.15, -0.1) is 11.3 Å². The van der Waals surface area contributed by atoms with Gasteiger partial charge in [0.1, 0.15) is 0 Å². The fourth-order valence-electron chi connectivity index (χ4n) is 3.36. The first-order valence-electron chi connectivity index (χ1n) is 9.05. The van der Waals surface area contributed by atoms with E-state index in [1.807, 2.05) is 51.1 Å². The molecule has 4 nitrogen and oxygen atoms in total. The number of hydrogen-bond donors (Lipinski definition) is 1. The van der Waals surface area contributed by atoms with Gasteiger partial charge in [-0.1, -0.05) is 29.8 Å². The fourth-order valence-corrected chi connectivity index (χ4v) is 6.29. The number of aryl methyl sites for hydroxylation is 3. The maximum atomic E-state index is 12.7. The van der Waals surface area contributed by atoms with E-state index in [-0.39, 0.29) is 11.7 Å². The van der Waals surface area contributed by atoms with E-state index in [0.29, 0.717) is 27.4 Å². The Labute approximate surface area is 169 Å². The van der Waals surface area contributed by atoms with Gasteiger partial charge in [-0.3, -0.25) is 4.79 Å². The van der Waals surface area contributed by atoms with Crippen molar-refractivity contribution >= 4 is 27.1 Å². The van der Waals surface area contributed by atoms with Gasteiger partial charge in [0.15, 0.2) is 9.84 Å². The minimum Gasteiger partial charge on any atom is -0.347 e. The number of hydrogen-bond acceptors (Lipinski definition) is 4. The highest BCUT2D eigenvalue weighted by atomic mass is 32.2. The Morgan fingerprint density at radius 3 is 2.43 bits per heavy atom. The molecule has 2 aromatic carbocycles. The van der Waals surface area contributed by atoms with Gasteiger partial charge in [-0.05, 0) is 61.2 Å². The lowest BCUT2D eigenvalue weighted by atomic mass is 10.0. The number of carbonyl (C=O) groups is 1. The molecule has 0 radical (unpaired) electrons. The van der Waals surface area contributed by atoms with E-state index >= 15 is 0 Å². The number of amides is 1. The molecule has 6 heteroatoms. The van der Waals surface area contributed by atoms with Gasteiger partial charge < -0.3 is 5.32 Å². The molecule has 1 aliphatic rings. The molecule has 144 valence electrons. The van der Waals surface area contributed by atoms with Crippen LogP contribution in [-0.2, 0) is 22.1 Å². The minimum atomic E-state index is -3.39. The highest BCUT2D eigenvalue weighted by Crippen LogP contribution is 2.43. The van der Waals surface area contributed by atoms with Gasteiger partial charge in [0, 0.05) is 17.0 Å². The van der Waals surface area contributed by atoms with E-state index in [1.165, 1.54) is 16.9 Å². The van der Waals surface area contributed by atoms with Crippen molar-refractivity contribution in [3.63, 3.8) is 0 Å². The molecule has 0 atom stereocenters. The third-order valence-corrected chi connectivity index (χ3v) is 8.04. The Bertz CT molecular complexity index is 1190. The Balaban J connectivity index is 1.64. The van der Waals surface area contributed by atoms with Gasteiger partial charge in [0.05, 0.1) is 15.5 Å². The largest absolute Gasteiger partial charge is 0.347 e. The Morgan fingerprint density at radius 1 is 1.04 bits per heavy atom. The van der Waals surface area contributed by atoms with Crippen molar-refractivity contribution in [2.45, 2.75) is 38.0 Å². The van der Waals surface area contributed by atoms with Crippen LogP contribution >= 0.6 is 11.3 Å². The third-order valence-electron chi connectivity index (χ3n) is 5.13. The van der Waals surface area contributed by atoms with E-state index in [2.05, 4.69) is 5.32 Å². The number of benzene rings is 2. The second-order valence-electron chi connectivity index (χ2n) is 7.33. The highest BCUT2D eigenvalue weighted by molar-refractivity contribution is 7.91. The van der Waals surface area contributed by atoms with E-state index < -0.39 is 9.84 Å². The number of nitrogens with one attached hydrogen (secondary N) is 1. The van der Waals surface area contributed by atoms with Crippen molar-refractivity contribution in [3.05, 3.63) is 75.2 Å². The lowest BCUT2D eigenvalue weighted by molar-refractivity contribution is 0.0955. The number of thiophene rings is 1. The van der Waals surface area contributed by atoms with Crippen LogP contribution in [-0.4, -0.2) is 14.3 Å². The summed E-state index contributed by atoms with van der Waals surface area (Å²) in [6.45, 7) is 6.35. The molecule has 0 unspecified atom stereocenters. The number of rotatable bonds is 3. The molecule has 0 spiro atoms. The van der Waals surface area contributed by atoms with Gasteiger partial charge in [0.25, 0.3) is 5.91 Å². The van der Waals surface area contributed by atoms with Crippen molar-refractivity contribution in [1.29, 1.82) is 0 Å². The maximum Gasteiger partial charge on any atom is 0.261 e. The molecular formula is C22H21NO3S2. The summed E-state index contributed by atoms with van der Waals surface area (Å²) in [6, 6.07) is 13.4. The van der Waals surface area contributed by atoms with Crippen LogP contribution in [0.15, 0.2) is 47.4 Å². The second-order valence-corrected chi connectivity index (χ2v) is 10.3. The van der Waals surface area contributed by atoms with E-state index in [0.717, 1.165) is 21.6 Å². The minimum absolute atomic E-state index is 0.0560. The Morgan fingerprint density at radius 2 is 1.71 bits per heavy atom. The van der Waals surface area contributed by atoms with Crippen molar-refractivity contribution < 1.29 is 13.2 Å². The summed E-state index contributed by atoms with van der Waals surface area (Å²) in [5.41, 5.74) is 5.62. The zero-order valence-corrected chi connectivity index (χ0v) is 17.6. The van der Waals surface area contributed by atoms with Gasteiger partial charge >= 0.3 is 0 Å². The summed E-state index contributed by atoms with van der Waals surface area (Å²) >= 11 is 1.36. The SMILES string of the molecule is Cc1ccc(CNC(=O)c2cc3c(s2)-c2cc(C)c(C)cc2S(=O)(=O)C3)cc1. The van der Waals surface area contributed by atoms with Crippen molar-refractivity contribution in [1.82, 2.24) is 5.32 Å². The van der Waals surface area contributed by atoms with Crippen LogP contribution in [0.2, 0.25) is 0 Å². The lowest BCUT2D eigenvalue weighted by Gasteiger charge is -2.18. The van der Waals surface area contributed by atoms with Crippen LogP contribution in [0, 0.1) is 20.8 Å². The normalized spacial score (nSPS) is 14.2. The third kappa shape index (κ3) is 3.38. The summed E-state index contributed by atoms with van der Waals surface area (Å²) < 4.78 is 25.4. The van der Waals surface area contributed by atoms with Crippen molar-refractivity contribution in [2.75, 3.05) is 0 Å². The molecule has 3 aromatic rings. The summed E-state index contributed by atoms with van der Waals surface area (Å²) in [4.78, 5) is 14.4. The average Bonchev–Trinajstić information content (AvgIpc) is 3.06.